The molecule has 1 atom stereocenters. The van der Waals surface area contributed by atoms with Crippen molar-refractivity contribution in [1.29, 1.82) is 0 Å². The lowest BCUT2D eigenvalue weighted by Crippen LogP contribution is -2.31. The second-order valence-electron chi connectivity index (χ2n) is 6.39. The monoisotopic (exact) mass is 311 g/mol. The van der Waals surface area contributed by atoms with Crippen molar-refractivity contribution in [2.75, 3.05) is 18.0 Å². The van der Waals surface area contributed by atoms with E-state index in [0.29, 0.717) is 0 Å². The maximum atomic E-state index is 6.07. The molecule has 120 valence electrons. The Morgan fingerprint density at radius 2 is 1.96 bits per heavy atom. The molecule has 0 saturated carbocycles. The molecule has 0 radical (unpaired) electrons. The van der Waals surface area contributed by atoms with Gasteiger partial charge in [0.1, 0.15) is 5.60 Å². The normalized spacial score (nSPS) is 24.7. The van der Waals surface area contributed by atoms with Gasteiger partial charge in [-0.2, -0.15) is 4.68 Å². The SMILES string of the molecule is C=C1CCC2(CCCN(c3nnnn3-c3ccccc3)CC2)O1. The van der Waals surface area contributed by atoms with Crippen molar-refractivity contribution < 1.29 is 4.74 Å². The molecule has 0 bridgehead atoms. The van der Waals surface area contributed by atoms with E-state index >= 15 is 0 Å². The van der Waals surface area contributed by atoms with Crippen LogP contribution in [0.25, 0.3) is 5.69 Å². The van der Waals surface area contributed by atoms with Crippen LogP contribution in [0.1, 0.15) is 32.1 Å². The zero-order chi connectivity index (χ0) is 15.7. The van der Waals surface area contributed by atoms with Crippen LogP contribution in [-0.2, 0) is 4.74 Å². The summed E-state index contributed by atoms with van der Waals surface area (Å²) in [4.78, 5) is 2.27. The highest BCUT2D eigenvalue weighted by atomic mass is 16.5. The fraction of sp³-hybridized carbons (Fsp3) is 0.471. The molecule has 3 heterocycles. The number of nitrogens with zero attached hydrogens (tertiary/aromatic N) is 5. The third-order valence-electron chi connectivity index (χ3n) is 4.85. The summed E-state index contributed by atoms with van der Waals surface area (Å²) < 4.78 is 7.88. The Labute approximate surface area is 135 Å². The zero-order valence-corrected chi connectivity index (χ0v) is 13.2. The highest BCUT2D eigenvalue weighted by Crippen LogP contribution is 2.40. The van der Waals surface area contributed by atoms with Gasteiger partial charge in [-0.15, -0.1) is 0 Å². The van der Waals surface area contributed by atoms with Gasteiger partial charge in [0.2, 0.25) is 5.95 Å². The number of allylic oxidation sites excluding steroid dienone is 1. The molecule has 23 heavy (non-hydrogen) atoms. The molecule has 2 fully saturated rings. The van der Waals surface area contributed by atoms with Gasteiger partial charge in [0.05, 0.1) is 11.4 Å². The van der Waals surface area contributed by atoms with Crippen LogP contribution in [0.5, 0.6) is 0 Å². The maximum absolute atomic E-state index is 6.07. The molecule has 1 unspecified atom stereocenters. The molecular weight excluding hydrogens is 290 g/mol. The van der Waals surface area contributed by atoms with Crippen LogP contribution >= 0.6 is 0 Å². The first-order chi connectivity index (χ1) is 11.3. The number of ether oxygens (including phenoxy) is 1. The maximum Gasteiger partial charge on any atom is 0.250 e. The molecule has 1 aromatic carbocycles. The molecular formula is C17H21N5O. The second-order valence-corrected chi connectivity index (χ2v) is 6.39. The summed E-state index contributed by atoms with van der Waals surface area (Å²) in [5, 5.41) is 12.3. The third kappa shape index (κ3) is 2.69. The molecule has 6 heteroatoms. The molecule has 1 aromatic heterocycles. The Bertz CT molecular complexity index is 698. The topological polar surface area (TPSA) is 56.1 Å². The van der Waals surface area contributed by atoms with Crippen molar-refractivity contribution in [2.45, 2.75) is 37.7 Å². The summed E-state index contributed by atoms with van der Waals surface area (Å²) in [6.45, 7) is 5.84. The fourth-order valence-electron chi connectivity index (χ4n) is 3.61. The summed E-state index contributed by atoms with van der Waals surface area (Å²) in [5.41, 5.74) is 0.966. The Hall–Kier alpha value is -2.37. The van der Waals surface area contributed by atoms with Crippen LogP contribution in [0, 0.1) is 0 Å². The molecule has 0 N–H and O–H groups in total. The van der Waals surface area contributed by atoms with Crippen LogP contribution in [-0.4, -0.2) is 38.9 Å². The molecule has 2 saturated heterocycles. The average molecular weight is 311 g/mol. The lowest BCUT2D eigenvalue weighted by Gasteiger charge is -2.27. The minimum absolute atomic E-state index is 0.0170. The number of hydrogen-bond acceptors (Lipinski definition) is 5. The van der Waals surface area contributed by atoms with Gasteiger partial charge in [0.15, 0.2) is 0 Å². The summed E-state index contributed by atoms with van der Waals surface area (Å²) in [6.07, 6.45) is 5.23. The zero-order valence-electron chi connectivity index (χ0n) is 13.2. The molecule has 0 amide bonds. The predicted molar refractivity (Wildman–Crippen MR) is 87.4 cm³/mol. The van der Waals surface area contributed by atoms with Gasteiger partial charge < -0.3 is 9.64 Å². The van der Waals surface area contributed by atoms with Gasteiger partial charge in [-0.3, -0.25) is 0 Å². The number of aromatic nitrogens is 4. The van der Waals surface area contributed by atoms with Gasteiger partial charge in [0, 0.05) is 25.9 Å². The molecule has 4 rings (SSSR count). The molecule has 2 aliphatic heterocycles. The second kappa shape index (κ2) is 5.68. The van der Waals surface area contributed by atoms with E-state index < -0.39 is 0 Å². The lowest BCUT2D eigenvalue weighted by atomic mass is 9.92. The summed E-state index contributed by atoms with van der Waals surface area (Å²) in [5.74, 6) is 1.75. The van der Waals surface area contributed by atoms with Crippen LogP contribution in [0.3, 0.4) is 0 Å². The van der Waals surface area contributed by atoms with E-state index in [1.54, 1.807) is 0 Å². The van der Waals surface area contributed by atoms with Gasteiger partial charge in [0.25, 0.3) is 0 Å². The van der Waals surface area contributed by atoms with Gasteiger partial charge >= 0.3 is 0 Å². The number of benzene rings is 1. The van der Waals surface area contributed by atoms with Crippen molar-refractivity contribution in [2.24, 2.45) is 0 Å². The number of tetrazole rings is 1. The third-order valence-corrected chi connectivity index (χ3v) is 4.85. The molecule has 0 aliphatic carbocycles. The minimum atomic E-state index is -0.0170. The van der Waals surface area contributed by atoms with E-state index in [2.05, 4.69) is 27.0 Å². The van der Waals surface area contributed by atoms with Crippen LogP contribution in [0.2, 0.25) is 0 Å². The highest BCUT2D eigenvalue weighted by Gasteiger charge is 2.39. The molecule has 2 aromatic rings. The molecule has 6 nitrogen and oxygen atoms in total. The van der Waals surface area contributed by atoms with Crippen molar-refractivity contribution in [1.82, 2.24) is 20.2 Å². The van der Waals surface area contributed by atoms with Gasteiger partial charge in [-0.25, -0.2) is 0 Å². The van der Waals surface area contributed by atoms with Crippen molar-refractivity contribution in [3.05, 3.63) is 42.7 Å². The van der Waals surface area contributed by atoms with Crippen LogP contribution < -0.4 is 4.90 Å². The highest BCUT2D eigenvalue weighted by molar-refractivity contribution is 5.40. The Balaban J connectivity index is 1.56. The van der Waals surface area contributed by atoms with E-state index in [1.165, 1.54) is 0 Å². The quantitative estimate of drug-likeness (QED) is 0.853. The van der Waals surface area contributed by atoms with Gasteiger partial charge in [-0.05, 0) is 41.8 Å². The number of rotatable bonds is 2. The first kappa shape index (κ1) is 14.2. The largest absolute Gasteiger partial charge is 0.492 e. The van der Waals surface area contributed by atoms with E-state index in [9.17, 15) is 0 Å². The van der Waals surface area contributed by atoms with E-state index in [4.69, 9.17) is 4.74 Å². The van der Waals surface area contributed by atoms with Crippen LogP contribution in [0.4, 0.5) is 5.95 Å². The van der Waals surface area contributed by atoms with Crippen molar-refractivity contribution >= 4 is 5.95 Å². The van der Waals surface area contributed by atoms with Crippen LogP contribution in [0.15, 0.2) is 42.7 Å². The smallest absolute Gasteiger partial charge is 0.250 e. The standard InChI is InChI=1S/C17H21N5O/c1-14-8-10-17(23-14)9-5-12-21(13-11-17)16-18-19-20-22(16)15-6-3-2-4-7-15/h2-4,6-7H,1,5,8-13H2. The Kier molecular flexibility index (Phi) is 3.52. The lowest BCUT2D eigenvalue weighted by molar-refractivity contribution is 0.0293. The summed E-state index contributed by atoms with van der Waals surface area (Å²) in [6, 6.07) is 10.0. The Morgan fingerprint density at radius 3 is 2.74 bits per heavy atom. The summed E-state index contributed by atoms with van der Waals surface area (Å²) in [7, 11) is 0. The van der Waals surface area contributed by atoms with Crippen molar-refractivity contribution in [3.63, 3.8) is 0 Å². The first-order valence-corrected chi connectivity index (χ1v) is 8.21. The number of para-hydroxylation sites is 1. The average Bonchev–Trinajstić information content (AvgIpc) is 3.14. The van der Waals surface area contributed by atoms with E-state index in [1.807, 2.05) is 35.0 Å². The molecule has 1 spiro atoms. The minimum Gasteiger partial charge on any atom is -0.492 e. The Morgan fingerprint density at radius 1 is 1.09 bits per heavy atom. The number of anilines is 1. The van der Waals surface area contributed by atoms with E-state index in [0.717, 1.165) is 62.6 Å². The first-order valence-electron chi connectivity index (χ1n) is 8.21. The predicted octanol–water partition coefficient (Wildman–Crippen LogP) is 2.72. The number of hydrogen-bond donors (Lipinski definition) is 0. The fourth-order valence-corrected chi connectivity index (χ4v) is 3.61. The molecule has 2 aliphatic rings. The van der Waals surface area contributed by atoms with E-state index in [-0.39, 0.29) is 5.60 Å². The summed E-state index contributed by atoms with van der Waals surface area (Å²) >= 11 is 0. The van der Waals surface area contributed by atoms with Crippen molar-refractivity contribution in [3.8, 4) is 5.69 Å². The van der Waals surface area contributed by atoms with Gasteiger partial charge in [-0.1, -0.05) is 29.9 Å².